The molecule has 1 amide bonds. The molecule has 1 aromatic heterocycles. The molecule has 6 heteroatoms. The number of rotatable bonds is 16. The third kappa shape index (κ3) is 7.96. The molecule has 3 aromatic carbocycles. The van der Waals surface area contributed by atoms with E-state index >= 15 is 0 Å². The number of imidazole rings is 1. The van der Waals surface area contributed by atoms with Crippen molar-refractivity contribution in [2.45, 2.75) is 51.5 Å². The molecule has 1 N–H and O–H groups in total. The van der Waals surface area contributed by atoms with Gasteiger partial charge in [0.25, 0.3) is 5.91 Å². The minimum Gasteiger partial charge on any atom is -0.497 e. The second kappa shape index (κ2) is 14.8. The predicted octanol–water partition coefficient (Wildman–Crippen LogP) is 6.78. The van der Waals surface area contributed by atoms with Crippen LogP contribution in [0.5, 0.6) is 11.5 Å². The first-order valence-corrected chi connectivity index (χ1v) is 13.9. The van der Waals surface area contributed by atoms with Crippen molar-refractivity contribution in [1.29, 1.82) is 0 Å². The van der Waals surface area contributed by atoms with Crippen molar-refractivity contribution in [2.24, 2.45) is 0 Å². The average Bonchev–Trinajstić information content (AvgIpc) is 3.32. The molecule has 0 aliphatic rings. The van der Waals surface area contributed by atoms with Gasteiger partial charge in [-0.1, -0.05) is 42.8 Å². The molecule has 0 saturated heterocycles. The molecule has 0 spiro atoms. The monoisotopic (exact) mass is 525 g/mol. The van der Waals surface area contributed by atoms with Crippen LogP contribution in [0, 0.1) is 0 Å². The van der Waals surface area contributed by atoms with Crippen molar-refractivity contribution in [3.63, 3.8) is 0 Å². The second-order valence-corrected chi connectivity index (χ2v) is 9.62. The van der Waals surface area contributed by atoms with Gasteiger partial charge in [0.1, 0.15) is 17.3 Å². The van der Waals surface area contributed by atoms with E-state index in [1.807, 2.05) is 30.3 Å². The number of hydrogen-bond donors (Lipinski definition) is 1. The molecule has 6 nitrogen and oxygen atoms in total. The van der Waals surface area contributed by atoms with Gasteiger partial charge in [-0.2, -0.15) is 0 Å². The summed E-state index contributed by atoms with van der Waals surface area (Å²) in [5.41, 5.74) is 4.07. The fourth-order valence-corrected chi connectivity index (χ4v) is 4.72. The Bertz CT molecular complexity index is 1340. The Hall–Kier alpha value is -4.06. The van der Waals surface area contributed by atoms with Crippen LogP contribution in [-0.2, 0) is 19.4 Å². The van der Waals surface area contributed by atoms with E-state index < -0.39 is 0 Å². The highest BCUT2D eigenvalue weighted by atomic mass is 16.5. The third-order valence-electron chi connectivity index (χ3n) is 6.82. The Kier molecular flexibility index (Phi) is 10.6. The summed E-state index contributed by atoms with van der Waals surface area (Å²) in [7, 11) is 1.62. The first-order valence-electron chi connectivity index (χ1n) is 13.9. The molecule has 0 saturated carbocycles. The van der Waals surface area contributed by atoms with Crippen LogP contribution >= 0.6 is 0 Å². The van der Waals surface area contributed by atoms with Crippen LogP contribution in [0.25, 0.3) is 11.0 Å². The molecule has 0 radical (unpaired) electrons. The number of unbranched alkanes of at least 4 members (excludes halogenated alkanes) is 3. The van der Waals surface area contributed by atoms with E-state index in [4.69, 9.17) is 14.5 Å². The first-order chi connectivity index (χ1) is 19.2. The van der Waals surface area contributed by atoms with Gasteiger partial charge in [0.2, 0.25) is 0 Å². The number of nitrogens with one attached hydrogen (secondary N) is 1. The third-order valence-corrected chi connectivity index (χ3v) is 6.82. The summed E-state index contributed by atoms with van der Waals surface area (Å²) in [5, 5.41) is 3.01. The highest BCUT2D eigenvalue weighted by Crippen LogP contribution is 2.21. The number of nitrogens with zero attached hydrogens (tertiary/aromatic N) is 2. The van der Waals surface area contributed by atoms with Crippen molar-refractivity contribution >= 4 is 16.9 Å². The van der Waals surface area contributed by atoms with E-state index in [2.05, 4.69) is 40.7 Å². The number of carbonyl (C=O) groups excluding carboxylic acids is 1. The van der Waals surface area contributed by atoms with Crippen LogP contribution in [0.3, 0.4) is 0 Å². The number of fused-ring (bicyclic) bond motifs is 1. The minimum atomic E-state index is -0.0485. The summed E-state index contributed by atoms with van der Waals surface area (Å²) in [6.45, 7) is 6.12. The SMILES string of the molecule is C=CCc1ccccc1OCCCCn1c(CCCCCNC(=O)c2ccc(OC)cc2)nc2ccccc21. The van der Waals surface area contributed by atoms with Crippen LogP contribution in [0.15, 0.2) is 85.5 Å². The fraction of sp³-hybridized carbons (Fsp3) is 0.333. The molecule has 0 aliphatic carbocycles. The number of aromatic nitrogens is 2. The van der Waals surface area contributed by atoms with Crippen molar-refractivity contribution in [2.75, 3.05) is 20.3 Å². The zero-order valence-corrected chi connectivity index (χ0v) is 22.9. The Morgan fingerprint density at radius 3 is 2.56 bits per heavy atom. The van der Waals surface area contributed by atoms with Gasteiger partial charge in [-0.05, 0) is 80.1 Å². The Labute approximate surface area is 231 Å². The molecule has 0 bridgehead atoms. The van der Waals surface area contributed by atoms with Gasteiger partial charge in [0.05, 0.1) is 24.8 Å². The van der Waals surface area contributed by atoms with E-state index in [9.17, 15) is 4.79 Å². The fourth-order valence-electron chi connectivity index (χ4n) is 4.72. The summed E-state index contributed by atoms with van der Waals surface area (Å²) < 4.78 is 13.6. The van der Waals surface area contributed by atoms with Crippen LogP contribution in [-0.4, -0.2) is 35.7 Å². The molecule has 39 heavy (non-hydrogen) atoms. The quantitative estimate of drug-likeness (QED) is 0.129. The maximum atomic E-state index is 12.3. The zero-order chi connectivity index (χ0) is 27.3. The maximum Gasteiger partial charge on any atom is 0.251 e. The van der Waals surface area contributed by atoms with E-state index in [1.165, 1.54) is 11.1 Å². The number of allylic oxidation sites excluding steroid dienone is 1. The zero-order valence-electron chi connectivity index (χ0n) is 22.9. The van der Waals surface area contributed by atoms with Crippen LogP contribution in [0.1, 0.15) is 53.8 Å². The predicted molar refractivity (Wildman–Crippen MR) is 158 cm³/mol. The highest BCUT2D eigenvalue weighted by Gasteiger charge is 2.11. The lowest BCUT2D eigenvalue weighted by Gasteiger charge is -2.12. The van der Waals surface area contributed by atoms with Crippen molar-refractivity contribution < 1.29 is 14.3 Å². The lowest BCUT2D eigenvalue weighted by molar-refractivity contribution is 0.0953. The van der Waals surface area contributed by atoms with E-state index in [0.717, 1.165) is 74.3 Å². The number of ether oxygens (including phenoxy) is 2. The average molecular weight is 526 g/mol. The summed E-state index contributed by atoms with van der Waals surface area (Å²) >= 11 is 0. The number of para-hydroxylation sites is 3. The van der Waals surface area contributed by atoms with Gasteiger partial charge in [-0.25, -0.2) is 4.98 Å². The van der Waals surface area contributed by atoms with Gasteiger partial charge in [-0.3, -0.25) is 4.79 Å². The lowest BCUT2D eigenvalue weighted by Crippen LogP contribution is -2.24. The van der Waals surface area contributed by atoms with Gasteiger partial charge in [0, 0.05) is 25.1 Å². The summed E-state index contributed by atoms with van der Waals surface area (Å²) in [6, 6.07) is 23.7. The lowest BCUT2D eigenvalue weighted by atomic mass is 10.1. The van der Waals surface area contributed by atoms with E-state index in [0.29, 0.717) is 18.7 Å². The van der Waals surface area contributed by atoms with Crippen molar-refractivity contribution in [1.82, 2.24) is 14.9 Å². The molecule has 204 valence electrons. The largest absolute Gasteiger partial charge is 0.497 e. The number of amides is 1. The molecule has 1 heterocycles. The molecule has 0 atom stereocenters. The number of methoxy groups -OCH3 is 1. The number of benzene rings is 3. The number of aryl methyl sites for hydroxylation is 2. The van der Waals surface area contributed by atoms with E-state index in [-0.39, 0.29) is 5.91 Å². The van der Waals surface area contributed by atoms with Gasteiger partial charge in [-0.15, -0.1) is 6.58 Å². The van der Waals surface area contributed by atoms with Crippen LogP contribution in [0.4, 0.5) is 0 Å². The smallest absolute Gasteiger partial charge is 0.251 e. The molecule has 4 rings (SSSR count). The molecule has 4 aromatic rings. The highest BCUT2D eigenvalue weighted by molar-refractivity contribution is 5.94. The van der Waals surface area contributed by atoms with Gasteiger partial charge in [0.15, 0.2) is 0 Å². The normalized spacial score (nSPS) is 10.9. The first kappa shape index (κ1) is 28.0. The topological polar surface area (TPSA) is 65.4 Å². The van der Waals surface area contributed by atoms with Crippen LogP contribution in [0.2, 0.25) is 0 Å². The van der Waals surface area contributed by atoms with Crippen molar-refractivity contribution in [3.05, 3.63) is 102 Å². The molecular formula is C33H39N3O3. The molecular weight excluding hydrogens is 486 g/mol. The Balaban J connectivity index is 1.22. The number of carbonyl (C=O) groups is 1. The van der Waals surface area contributed by atoms with Crippen LogP contribution < -0.4 is 14.8 Å². The standard InChI is InChI=1S/C33H39N3O3/c1-3-13-26-14-6-9-17-31(26)39-25-12-11-24-36-30-16-8-7-15-29(30)35-32(36)18-5-4-10-23-34-33(37)27-19-21-28(38-2)22-20-27/h3,6-9,14-17,19-22H,1,4-5,10-13,18,23-25H2,2H3,(H,34,37). The summed E-state index contributed by atoms with van der Waals surface area (Å²) in [6.07, 6.45) is 8.65. The van der Waals surface area contributed by atoms with Gasteiger partial charge < -0.3 is 19.4 Å². The number of hydrogen-bond acceptors (Lipinski definition) is 4. The summed E-state index contributed by atoms with van der Waals surface area (Å²) in [5.74, 6) is 2.78. The van der Waals surface area contributed by atoms with E-state index in [1.54, 1.807) is 31.4 Å². The maximum absolute atomic E-state index is 12.3. The molecule has 0 unspecified atom stereocenters. The molecule has 0 fully saturated rings. The second-order valence-electron chi connectivity index (χ2n) is 9.62. The minimum absolute atomic E-state index is 0.0485. The Morgan fingerprint density at radius 2 is 1.74 bits per heavy atom. The van der Waals surface area contributed by atoms with Crippen molar-refractivity contribution in [3.8, 4) is 11.5 Å². The van der Waals surface area contributed by atoms with Gasteiger partial charge >= 0.3 is 0 Å². The molecule has 0 aliphatic heterocycles. The Morgan fingerprint density at radius 1 is 0.949 bits per heavy atom. The summed E-state index contributed by atoms with van der Waals surface area (Å²) in [4.78, 5) is 17.3.